The number of urea groups is 2. The van der Waals surface area contributed by atoms with E-state index in [1.54, 1.807) is 12.2 Å². The number of thiol groups is 1. The summed E-state index contributed by atoms with van der Waals surface area (Å²) < 4.78 is 0. The lowest BCUT2D eigenvalue weighted by atomic mass is 10.4. The van der Waals surface area contributed by atoms with E-state index in [1.807, 2.05) is 0 Å². The predicted octanol–water partition coefficient (Wildman–Crippen LogP) is 0.500. The maximum absolute atomic E-state index is 11.2. The van der Waals surface area contributed by atoms with E-state index in [1.165, 1.54) is 0 Å². The van der Waals surface area contributed by atoms with Crippen molar-refractivity contribution in [1.29, 1.82) is 0 Å². The minimum atomic E-state index is -0.292. The fraction of sp³-hybridized carbons (Fsp3) is 0.462. The van der Waals surface area contributed by atoms with Crippen molar-refractivity contribution >= 4 is 28.5 Å². The molecule has 0 spiro atoms. The maximum atomic E-state index is 11.2. The predicted molar refractivity (Wildman–Crippen MR) is 89.3 cm³/mol. The fourth-order valence-electron chi connectivity index (χ4n) is 1.18. The summed E-state index contributed by atoms with van der Waals surface area (Å²) >= 11 is 0.734. The van der Waals surface area contributed by atoms with Gasteiger partial charge in [-0.3, -0.25) is 0 Å². The third-order valence-electron chi connectivity index (χ3n) is 2.14. The van der Waals surface area contributed by atoms with Gasteiger partial charge in [-0.25, -0.2) is 9.59 Å². The Labute approximate surface area is 128 Å². The molecule has 0 unspecified atom stereocenters. The van der Waals surface area contributed by atoms with E-state index in [4.69, 9.17) is 0 Å². The largest absolute Gasteiger partial charge is 0.359 e. The summed E-state index contributed by atoms with van der Waals surface area (Å²) in [7, 11) is 0. The molecule has 0 aromatic heterocycles. The Morgan fingerprint density at radius 3 is 2.00 bits per heavy atom. The van der Waals surface area contributed by atoms with E-state index in [-0.39, 0.29) is 17.1 Å². The highest BCUT2D eigenvalue weighted by Gasteiger charge is 1.99. The van der Waals surface area contributed by atoms with Crippen molar-refractivity contribution in [3.8, 4) is 0 Å². The molecule has 0 atom stereocenters. The zero-order valence-corrected chi connectivity index (χ0v) is 12.9. The van der Waals surface area contributed by atoms with Crippen molar-refractivity contribution in [2.24, 2.45) is 0 Å². The molecule has 0 rings (SSSR count). The van der Waals surface area contributed by atoms with E-state index in [0.717, 1.165) is 11.4 Å². The van der Waals surface area contributed by atoms with Crippen LogP contribution >= 0.6 is 11.4 Å². The average Bonchev–Trinajstić information content (AvgIpc) is 2.47. The molecule has 0 aromatic rings. The number of carbonyl (C=O) groups is 2. The van der Waals surface area contributed by atoms with Gasteiger partial charge in [0.15, 0.2) is 0 Å². The summed E-state index contributed by atoms with van der Waals surface area (Å²) in [5.74, 6) is 0.607. The van der Waals surface area contributed by atoms with E-state index < -0.39 is 0 Å². The van der Waals surface area contributed by atoms with Crippen LogP contribution in [0.2, 0.25) is 0 Å². The third-order valence-corrected chi connectivity index (χ3v) is 3.18. The smallest absolute Gasteiger partial charge is 0.315 e. The minimum absolute atomic E-state index is 0.259. The highest BCUT2D eigenvalue weighted by Crippen LogP contribution is 1.92. The van der Waals surface area contributed by atoms with Crippen LogP contribution < -0.4 is 21.3 Å². The van der Waals surface area contributed by atoms with Gasteiger partial charge in [0.05, 0.1) is 5.05 Å². The Kier molecular flexibility index (Phi) is 12.1. The molecule has 5 N–H and O–H groups in total. The van der Waals surface area contributed by atoms with Gasteiger partial charge in [-0.1, -0.05) is 12.2 Å². The molecule has 0 aliphatic carbocycles. The normalized spacial score (nSPS) is 10.8. The summed E-state index contributed by atoms with van der Waals surface area (Å²) in [5, 5.41) is 20.3. The molecule has 7 nitrogen and oxygen atoms in total. The summed E-state index contributed by atoms with van der Waals surface area (Å²) in [6.07, 6.45) is 3.56. The fourth-order valence-corrected chi connectivity index (χ4v) is 1.93. The van der Waals surface area contributed by atoms with Crippen molar-refractivity contribution in [1.82, 2.24) is 21.3 Å². The second-order valence-electron chi connectivity index (χ2n) is 3.90. The SMILES string of the molecule is C=CCNC(=O)NCC[SH]=C(O)CCNC(=O)NCC=C. The Hall–Kier alpha value is -1.80. The molecule has 0 radical (unpaired) electrons. The number of rotatable bonds is 10. The molecule has 4 amide bonds. The lowest BCUT2D eigenvalue weighted by Gasteiger charge is -2.06. The average molecular weight is 316 g/mol. The topological polar surface area (TPSA) is 102 Å². The molecule has 21 heavy (non-hydrogen) atoms. The monoisotopic (exact) mass is 316 g/mol. The number of hydrogen-bond donors (Lipinski definition) is 6. The molecule has 8 heteroatoms. The Bertz CT molecular complexity index is 386. The van der Waals surface area contributed by atoms with Crippen LogP contribution in [0.3, 0.4) is 0 Å². The number of nitrogens with one attached hydrogen (secondary N) is 4. The van der Waals surface area contributed by atoms with Gasteiger partial charge in [0, 0.05) is 38.4 Å². The van der Waals surface area contributed by atoms with Gasteiger partial charge in [-0.15, -0.1) is 13.2 Å². The van der Waals surface area contributed by atoms with Gasteiger partial charge in [-0.05, 0) is 0 Å². The second kappa shape index (κ2) is 13.2. The lowest BCUT2D eigenvalue weighted by Crippen LogP contribution is -2.37. The first-order valence-electron chi connectivity index (χ1n) is 6.57. The Morgan fingerprint density at radius 1 is 0.952 bits per heavy atom. The first-order valence-corrected chi connectivity index (χ1v) is 7.65. The molecule has 0 aliphatic rings. The van der Waals surface area contributed by atoms with Crippen molar-refractivity contribution in [2.45, 2.75) is 6.42 Å². The second-order valence-corrected chi connectivity index (χ2v) is 5.18. The molecule has 0 saturated carbocycles. The third kappa shape index (κ3) is 13.0. The van der Waals surface area contributed by atoms with Crippen LogP contribution in [0.4, 0.5) is 9.59 Å². The highest BCUT2D eigenvalue weighted by molar-refractivity contribution is 7.98. The number of aliphatic hydroxyl groups excluding tert-OH is 1. The van der Waals surface area contributed by atoms with Gasteiger partial charge >= 0.3 is 12.1 Å². The Balaban J connectivity index is 3.64. The van der Waals surface area contributed by atoms with Gasteiger partial charge in [0.25, 0.3) is 0 Å². The molecule has 120 valence electrons. The molecular weight excluding hydrogens is 292 g/mol. The lowest BCUT2D eigenvalue weighted by molar-refractivity contribution is 0.241. The van der Waals surface area contributed by atoms with Crippen LogP contribution in [0.1, 0.15) is 6.42 Å². The summed E-state index contributed by atoms with van der Waals surface area (Å²) in [6, 6.07) is -0.551. The van der Waals surface area contributed by atoms with Gasteiger partial charge in [0.2, 0.25) is 0 Å². The van der Waals surface area contributed by atoms with Gasteiger partial charge < -0.3 is 26.4 Å². The number of hydrogen-bond acceptors (Lipinski definition) is 2. The van der Waals surface area contributed by atoms with E-state index in [9.17, 15) is 14.7 Å². The molecule has 0 aromatic carbocycles. The molecule has 0 bridgehead atoms. The van der Waals surface area contributed by atoms with E-state index in [0.29, 0.717) is 38.4 Å². The van der Waals surface area contributed by atoms with Crippen molar-refractivity contribution in [2.75, 3.05) is 31.9 Å². The molecular formula is C13H24N4O3S. The summed E-state index contributed by atoms with van der Waals surface area (Å²) in [5.41, 5.74) is 0. The highest BCUT2D eigenvalue weighted by atomic mass is 32.1. The zero-order chi connectivity index (χ0) is 15.9. The van der Waals surface area contributed by atoms with Crippen LogP contribution in [0.15, 0.2) is 25.3 Å². The van der Waals surface area contributed by atoms with Crippen molar-refractivity contribution < 1.29 is 14.7 Å². The number of amides is 4. The quantitative estimate of drug-likeness (QED) is 0.153. The Morgan fingerprint density at radius 2 is 1.48 bits per heavy atom. The van der Waals surface area contributed by atoms with Crippen LogP contribution in [0, 0.1) is 0 Å². The number of carbonyl (C=O) groups excluding carboxylic acids is 2. The maximum Gasteiger partial charge on any atom is 0.315 e. The zero-order valence-electron chi connectivity index (χ0n) is 12.0. The van der Waals surface area contributed by atoms with Crippen LogP contribution in [0.5, 0.6) is 0 Å². The van der Waals surface area contributed by atoms with Crippen molar-refractivity contribution in [3.63, 3.8) is 0 Å². The molecule has 0 heterocycles. The minimum Gasteiger partial charge on any atom is -0.359 e. The summed E-state index contributed by atoms with van der Waals surface area (Å²) in [4.78, 5) is 22.4. The molecule has 0 fully saturated rings. The van der Waals surface area contributed by atoms with E-state index >= 15 is 0 Å². The standard InChI is InChI=1S/C13H24N4O3S/c1-3-6-14-12(19)16-8-5-11(18)21-10-9-17-13(20)15-7-4-2/h3-4,18,21H,1-2,5-10H2,(H2,14,16,19)(H2,15,17,20). The first-order chi connectivity index (χ1) is 10.1. The van der Waals surface area contributed by atoms with E-state index in [2.05, 4.69) is 34.4 Å². The number of aliphatic hydroxyl groups is 1. The molecule has 0 aliphatic heterocycles. The van der Waals surface area contributed by atoms with Gasteiger partial charge in [0.1, 0.15) is 0 Å². The van der Waals surface area contributed by atoms with Crippen LogP contribution in [-0.2, 0) is 0 Å². The van der Waals surface area contributed by atoms with Crippen molar-refractivity contribution in [3.05, 3.63) is 25.3 Å². The first kappa shape index (κ1) is 19.2. The van der Waals surface area contributed by atoms with Crippen LogP contribution in [0.25, 0.3) is 0 Å². The summed E-state index contributed by atoms with van der Waals surface area (Å²) in [6.45, 7) is 8.61. The molecule has 0 saturated heterocycles. The van der Waals surface area contributed by atoms with Crippen LogP contribution in [-0.4, -0.2) is 54.2 Å². The van der Waals surface area contributed by atoms with Gasteiger partial charge in [-0.2, -0.15) is 11.4 Å².